The molecule has 1 amide bonds. The maximum atomic E-state index is 12.6. The van der Waals surface area contributed by atoms with Gasteiger partial charge in [0.2, 0.25) is 6.79 Å². The van der Waals surface area contributed by atoms with Crippen LogP contribution in [0.4, 0.5) is 13.9 Å². The van der Waals surface area contributed by atoms with Crippen LogP contribution in [0.3, 0.4) is 0 Å². The molecule has 4 rings (SSSR count). The Labute approximate surface area is 169 Å². The van der Waals surface area contributed by atoms with Crippen LogP contribution in [0.2, 0.25) is 0 Å². The number of nitrogens with one attached hydrogen (secondary N) is 1. The SMILES string of the molecule is Cc1nc(NC(=O)c2ccccc2OC(F)F)sc1Cc1ccc2c(c1)OCO2. The highest BCUT2D eigenvalue weighted by Gasteiger charge is 2.18. The van der Waals surface area contributed by atoms with Crippen LogP contribution in [0.25, 0.3) is 0 Å². The summed E-state index contributed by atoms with van der Waals surface area (Å²) in [5.74, 6) is 0.666. The second kappa shape index (κ2) is 8.04. The lowest BCUT2D eigenvalue weighted by molar-refractivity contribution is -0.0501. The Kier molecular flexibility index (Phi) is 5.30. The van der Waals surface area contributed by atoms with Crippen LogP contribution in [0.15, 0.2) is 42.5 Å². The molecule has 0 bridgehead atoms. The molecule has 1 aliphatic rings. The lowest BCUT2D eigenvalue weighted by Gasteiger charge is -2.09. The molecule has 1 aromatic heterocycles. The number of nitrogens with zero attached hydrogens (tertiary/aromatic N) is 1. The standard InChI is InChI=1S/C20H16F2N2O4S/c1-11-17(9-12-6-7-15-16(8-12)27-10-26-15)29-20(23-11)24-18(25)13-4-2-3-5-14(13)28-19(21)22/h2-8,19H,9-10H2,1H3,(H,23,24,25). The molecule has 3 aromatic rings. The smallest absolute Gasteiger partial charge is 0.387 e. The van der Waals surface area contributed by atoms with Gasteiger partial charge < -0.3 is 14.2 Å². The minimum atomic E-state index is -3.01. The van der Waals surface area contributed by atoms with E-state index in [1.807, 2.05) is 25.1 Å². The number of aryl methyl sites for hydroxylation is 1. The number of alkyl halides is 2. The van der Waals surface area contributed by atoms with Crippen molar-refractivity contribution in [3.8, 4) is 17.2 Å². The fourth-order valence-corrected chi connectivity index (χ4v) is 3.89. The summed E-state index contributed by atoms with van der Waals surface area (Å²) in [5.41, 5.74) is 1.81. The van der Waals surface area contributed by atoms with Gasteiger partial charge in [-0.25, -0.2) is 4.98 Å². The van der Waals surface area contributed by atoms with Crippen LogP contribution in [0.5, 0.6) is 17.2 Å². The average Bonchev–Trinajstić information content (AvgIpc) is 3.28. The molecule has 2 heterocycles. The minimum absolute atomic E-state index is 0.0120. The van der Waals surface area contributed by atoms with E-state index in [2.05, 4.69) is 15.0 Å². The number of amides is 1. The highest BCUT2D eigenvalue weighted by molar-refractivity contribution is 7.15. The van der Waals surface area contributed by atoms with Crippen molar-refractivity contribution < 1.29 is 27.8 Å². The lowest BCUT2D eigenvalue weighted by atomic mass is 10.1. The number of fused-ring (bicyclic) bond motifs is 1. The molecule has 0 saturated carbocycles. The summed E-state index contributed by atoms with van der Waals surface area (Å²) < 4.78 is 40.2. The second-order valence-electron chi connectivity index (χ2n) is 6.22. The van der Waals surface area contributed by atoms with E-state index in [1.54, 1.807) is 6.07 Å². The zero-order valence-electron chi connectivity index (χ0n) is 15.3. The quantitative estimate of drug-likeness (QED) is 0.632. The van der Waals surface area contributed by atoms with Gasteiger partial charge in [-0.3, -0.25) is 10.1 Å². The topological polar surface area (TPSA) is 69.7 Å². The highest BCUT2D eigenvalue weighted by atomic mass is 32.1. The molecule has 150 valence electrons. The van der Waals surface area contributed by atoms with Gasteiger partial charge in [0.25, 0.3) is 5.91 Å². The lowest BCUT2D eigenvalue weighted by Crippen LogP contribution is -2.14. The Morgan fingerprint density at radius 1 is 1.24 bits per heavy atom. The third kappa shape index (κ3) is 4.29. The largest absolute Gasteiger partial charge is 0.454 e. The van der Waals surface area contributed by atoms with Crippen molar-refractivity contribution in [3.63, 3.8) is 0 Å². The van der Waals surface area contributed by atoms with Crippen molar-refractivity contribution in [2.75, 3.05) is 12.1 Å². The summed E-state index contributed by atoms with van der Waals surface area (Å²) in [6.07, 6.45) is 0.612. The Hall–Kier alpha value is -3.20. The van der Waals surface area contributed by atoms with E-state index in [9.17, 15) is 13.6 Å². The molecule has 6 nitrogen and oxygen atoms in total. The first-order valence-electron chi connectivity index (χ1n) is 8.69. The van der Waals surface area contributed by atoms with E-state index < -0.39 is 12.5 Å². The van der Waals surface area contributed by atoms with Crippen molar-refractivity contribution in [3.05, 3.63) is 64.2 Å². The van der Waals surface area contributed by atoms with Crippen molar-refractivity contribution in [1.82, 2.24) is 4.98 Å². The minimum Gasteiger partial charge on any atom is -0.454 e. The van der Waals surface area contributed by atoms with Gasteiger partial charge in [-0.1, -0.05) is 18.2 Å². The van der Waals surface area contributed by atoms with E-state index in [4.69, 9.17) is 9.47 Å². The molecular formula is C20H16F2N2O4S. The van der Waals surface area contributed by atoms with Crippen LogP contribution < -0.4 is 19.5 Å². The predicted molar refractivity (Wildman–Crippen MR) is 103 cm³/mol. The van der Waals surface area contributed by atoms with E-state index in [-0.39, 0.29) is 18.1 Å². The normalized spacial score (nSPS) is 12.3. The Balaban J connectivity index is 1.49. The fourth-order valence-electron chi connectivity index (χ4n) is 2.90. The molecule has 0 saturated heterocycles. The Bertz CT molecular complexity index is 1050. The van der Waals surface area contributed by atoms with Gasteiger partial charge in [0.15, 0.2) is 16.6 Å². The van der Waals surface area contributed by atoms with Crippen LogP contribution in [-0.4, -0.2) is 24.3 Å². The summed E-state index contributed by atoms with van der Waals surface area (Å²) in [4.78, 5) is 17.9. The zero-order valence-corrected chi connectivity index (χ0v) is 16.1. The van der Waals surface area contributed by atoms with Crippen molar-refractivity contribution in [2.24, 2.45) is 0 Å². The molecule has 2 aromatic carbocycles. The van der Waals surface area contributed by atoms with Gasteiger partial charge in [-0.05, 0) is 36.8 Å². The number of carbonyl (C=O) groups excluding carboxylic acids is 1. The Morgan fingerprint density at radius 3 is 2.86 bits per heavy atom. The van der Waals surface area contributed by atoms with Gasteiger partial charge in [0.05, 0.1) is 11.3 Å². The maximum absolute atomic E-state index is 12.6. The van der Waals surface area contributed by atoms with Gasteiger partial charge in [-0.2, -0.15) is 8.78 Å². The van der Waals surface area contributed by atoms with Crippen LogP contribution >= 0.6 is 11.3 Å². The molecule has 1 N–H and O–H groups in total. The molecule has 0 fully saturated rings. The summed E-state index contributed by atoms with van der Waals surface area (Å²) in [5, 5.41) is 3.04. The fraction of sp³-hybridized carbons (Fsp3) is 0.200. The number of thiazole rings is 1. The van der Waals surface area contributed by atoms with Gasteiger partial charge in [0.1, 0.15) is 5.75 Å². The molecular weight excluding hydrogens is 402 g/mol. The molecule has 0 radical (unpaired) electrons. The third-order valence-electron chi connectivity index (χ3n) is 4.26. The average molecular weight is 418 g/mol. The molecule has 0 aliphatic carbocycles. The molecule has 0 unspecified atom stereocenters. The molecule has 0 atom stereocenters. The van der Waals surface area contributed by atoms with Crippen LogP contribution in [0.1, 0.15) is 26.5 Å². The molecule has 9 heteroatoms. The van der Waals surface area contributed by atoms with Gasteiger partial charge in [-0.15, -0.1) is 11.3 Å². The monoisotopic (exact) mass is 418 g/mol. The number of carbonyl (C=O) groups is 1. The van der Waals surface area contributed by atoms with E-state index in [0.717, 1.165) is 16.1 Å². The van der Waals surface area contributed by atoms with Crippen molar-refractivity contribution >= 4 is 22.4 Å². The van der Waals surface area contributed by atoms with E-state index in [0.29, 0.717) is 23.1 Å². The number of ether oxygens (including phenoxy) is 3. The molecule has 1 aliphatic heterocycles. The number of rotatable bonds is 6. The third-order valence-corrected chi connectivity index (χ3v) is 5.34. The van der Waals surface area contributed by atoms with Gasteiger partial charge >= 0.3 is 6.61 Å². The molecule has 29 heavy (non-hydrogen) atoms. The second-order valence-corrected chi connectivity index (χ2v) is 7.30. The summed E-state index contributed by atoms with van der Waals surface area (Å²) in [6, 6.07) is 11.5. The summed E-state index contributed by atoms with van der Waals surface area (Å²) in [7, 11) is 0. The first-order chi connectivity index (χ1) is 14.0. The summed E-state index contributed by atoms with van der Waals surface area (Å²) in [6.45, 7) is -0.951. The van der Waals surface area contributed by atoms with E-state index >= 15 is 0 Å². The van der Waals surface area contributed by atoms with E-state index in [1.165, 1.54) is 29.5 Å². The number of hydrogen-bond donors (Lipinski definition) is 1. The van der Waals surface area contributed by atoms with Crippen LogP contribution in [-0.2, 0) is 6.42 Å². The maximum Gasteiger partial charge on any atom is 0.387 e. The first-order valence-corrected chi connectivity index (χ1v) is 9.51. The summed E-state index contributed by atoms with van der Waals surface area (Å²) >= 11 is 1.33. The number of halogens is 2. The highest BCUT2D eigenvalue weighted by Crippen LogP contribution is 2.34. The van der Waals surface area contributed by atoms with Crippen molar-refractivity contribution in [2.45, 2.75) is 20.0 Å². The number of benzene rings is 2. The number of anilines is 1. The first kappa shape index (κ1) is 19.1. The van der Waals surface area contributed by atoms with Crippen LogP contribution in [0, 0.1) is 6.92 Å². The Morgan fingerprint density at radius 2 is 2.03 bits per heavy atom. The predicted octanol–water partition coefficient (Wildman–Crippen LogP) is 4.62. The molecule has 0 spiro atoms. The number of hydrogen-bond acceptors (Lipinski definition) is 6. The van der Waals surface area contributed by atoms with Gasteiger partial charge in [0, 0.05) is 11.3 Å². The van der Waals surface area contributed by atoms with Crippen molar-refractivity contribution in [1.29, 1.82) is 0 Å². The zero-order chi connectivity index (χ0) is 20.4. The number of para-hydroxylation sites is 1. The number of aromatic nitrogens is 1.